The predicted octanol–water partition coefficient (Wildman–Crippen LogP) is 1.68. The van der Waals surface area contributed by atoms with Gasteiger partial charge in [0.15, 0.2) is 0 Å². The predicted molar refractivity (Wildman–Crippen MR) is 62.3 cm³/mol. The number of hydrogen-bond donors (Lipinski definition) is 1. The lowest BCUT2D eigenvalue weighted by Crippen LogP contribution is -2.57. The highest BCUT2D eigenvalue weighted by atomic mass is 32.2. The van der Waals surface area contributed by atoms with Crippen molar-refractivity contribution in [2.75, 3.05) is 24.6 Å². The number of thioether (sulfide) groups is 1. The Bertz CT molecular complexity index is 251. The highest BCUT2D eigenvalue weighted by Gasteiger charge is 2.47. The van der Waals surface area contributed by atoms with Gasteiger partial charge in [-0.1, -0.05) is 6.92 Å². The zero-order valence-electron chi connectivity index (χ0n) is 9.24. The fraction of sp³-hybridized carbons (Fsp3) is 0.909. The summed E-state index contributed by atoms with van der Waals surface area (Å²) in [5.41, 5.74) is -0.542. The average Bonchev–Trinajstić information content (AvgIpc) is 2.67. The fourth-order valence-electron chi connectivity index (χ4n) is 2.69. The first-order chi connectivity index (χ1) is 7.15. The van der Waals surface area contributed by atoms with E-state index in [0.29, 0.717) is 5.92 Å². The molecule has 0 saturated carbocycles. The van der Waals surface area contributed by atoms with Gasteiger partial charge in [-0.25, -0.2) is 0 Å². The number of hydrogen-bond acceptors (Lipinski definition) is 3. The normalized spacial score (nSPS) is 38.1. The van der Waals surface area contributed by atoms with Crippen LogP contribution in [0.15, 0.2) is 0 Å². The van der Waals surface area contributed by atoms with E-state index in [1.54, 1.807) is 11.8 Å². The second-order valence-electron chi connectivity index (χ2n) is 4.83. The van der Waals surface area contributed by atoms with E-state index in [0.717, 1.165) is 37.4 Å². The lowest BCUT2D eigenvalue weighted by Gasteiger charge is -2.41. The Morgan fingerprint density at radius 3 is 2.93 bits per heavy atom. The van der Waals surface area contributed by atoms with E-state index in [4.69, 9.17) is 0 Å². The minimum atomic E-state index is -0.610. The van der Waals surface area contributed by atoms with Crippen LogP contribution < -0.4 is 0 Å². The molecule has 0 spiro atoms. The summed E-state index contributed by atoms with van der Waals surface area (Å²) < 4.78 is 0. The zero-order chi connectivity index (χ0) is 10.9. The van der Waals surface area contributed by atoms with Crippen LogP contribution in [-0.2, 0) is 4.79 Å². The number of nitrogens with zero attached hydrogens (tertiary/aromatic N) is 1. The van der Waals surface area contributed by atoms with Gasteiger partial charge in [0, 0.05) is 12.3 Å². The summed E-state index contributed by atoms with van der Waals surface area (Å²) in [5, 5.41) is 9.45. The number of carbonyl (C=O) groups is 1. The molecule has 0 aromatic carbocycles. The number of likely N-dealkylation sites (tertiary alicyclic amines) is 1. The Kier molecular flexibility index (Phi) is 3.26. The Balaban J connectivity index is 2.13. The van der Waals surface area contributed by atoms with Crippen molar-refractivity contribution in [3.05, 3.63) is 0 Å². The van der Waals surface area contributed by atoms with Crippen LogP contribution in [0.4, 0.5) is 0 Å². The standard InChI is InChI=1S/C11H19NO2S/c1-9-3-2-5-12(7-9)11(10(13)14)4-6-15-8-11/h9H,2-8H2,1H3,(H,13,14). The third-order valence-corrected chi connectivity index (χ3v) is 4.84. The van der Waals surface area contributed by atoms with Crippen molar-refractivity contribution in [2.24, 2.45) is 5.92 Å². The van der Waals surface area contributed by atoms with Crippen molar-refractivity contribution in [3.63, 3.8) is 0 Å². The monoisotopic (exact) mass is 229 g/mol. The van der Waals surface area contributed by atoms with E-state index >= 15 is 0 Å². The lowest BCUT2D eigenvalue weighted by atomic mass is 9.90. The summed E-state index contributed by atoms with van der Waals surface area (Å²) in [7, 11) is 0. The number of rotatable bonds is 2. The Morgan fingerprint density at radius 2 is 2.40 bits per heavy atom. The van der Waals surface area contributed by atoms with Gasteiger partial charge in [-0.05, 0) is 37.5 Å². The molecule has 2 heterocycles. The third-order valence-electron chi connectivity index (χ3n) is 3.66. The van der Waals surface area contributed by atoms with Gasteiger partial charge in [0.05, 0.1) is 0 Å². The summed E-state index contributed by atoms with van der Waals surface area (Å²) in [6.45, 7) is 4.16. The molecule has 2 aliphatic rings. The van der Waals surface area contributed by atoms with Crippen molar-refractivity contribution in [3.8, 4) is 0 Å². The maximum Gasteiger partial charge on any atom is 0.325 e. The summed E-state index contributed by atoms with van der Waals surface area (Å²) in [6, 6.07) is 0. The van der Waals surface area contributed by atoms with Gasteiger partial charge in [-0.15, -0.1) is 0 Å². The molecule has 2 atom stereocenters. The summed E-state index contributed by atoms with van der Waals surface area (Å²) in [5.74, 6) is 1.81. The topological polar surface area (TPSA) is 40.5 Å². The summed E-state index contributed by atoms with van der Waals surface area (Å²) in [6.07, 6.45) is 3.22. The Labute approximate surface area is 95.2 Å². The largest absolute Gasteiger partial charge is 0.480 e. The molecule has 0 aliphatic carbocycles. The second kappa shape index (κ2) is 4.34. The molecule has 2 saturated heterocycles. The van der Waals surface area contributed by atoms with E-state index in [1.165, 1.54) is 6.42 Å². The van der Waals surface area contributed by atoms with Gasteiger partial charge in [0.2, 0.25) is 0 Å². The van der Waals surface area contributed by atoms with Crippen LogP contribution in [0.3, 0.4) is 0 Å². The van der Waals surface area contributed by atoms with E-state index in [-0.39, 0.29) is 0 Å². The van der Waals surface area contributed by atoms with Crippen LogP contribution in [0.1, 0.15) is 26.2 Å². The van der Waals surface area contributed by atoms with Crippen LogP contribution >= 0.6 is 11.8 Å². The average molecular weight is 229 g/mol. The molecule has 4 heteroatoms. The van der Waals surface area contributed by atoms with E-state index in [1.807, 2.05) is 0 Å². The molecule has 2 fully saturated rings. The molecule has 2 unspecified atom stereocenters. The number of aliphatic carboxylic acids is 1. The van der Waals surface area contributed by atoms with Gasteiger partial charge in [0.25, 0.3) is 0 Å². The van der Waals surface area contributed by atoms with Crippen molar-refractivity contribution in [2.45, 2.75) is 31.7 Å². The van der Waals surface area contributed by atoms with Crippen LogP contribution in [0.2, 0.25) is 0 Å². The molecule has 0 amide bonds. The lowest BCUT2D eigenvalue weighted by molar-refractivity contribution is -0.151. The molecule has 0 bridgehead atoms. The fourth-order valence-corrected chi connectivity index (χ4v) is 4.10. The van der Waals surface area contributed by atoms with Crippen LogP contribution in [0.25, 0.3) is 0 Å². The first kappa shape index (κ1) is 11.3. The molecule has 0 aromatic rings. The van der Waals surface area contributed by atoms with E-state index in [2.05, 4.69) is 11.8 Å². The van der Waals surface area contributed by atoms with Gasteiger partial charge < -0.3 is 5.11 Å². The number of piperidine rings is 1. The van der Waals surface area contributed by atoms with Gasteiger partial charge >= 0.3 is 5.97 Å². The van der Waals surface area contributed by atoms with Gasteiger partial charge in [0.1, 0.15) is 5.54 Å². The minimum absolute atomic E-state index is 0.542. The van der Waals surface area contributed by atoms with E-state index in [9.17, 15) is 9.90 Å². The molecule has 1 N–H and O–H groups in total. The maximum atomic E-state index is 11.5. The molecule has 15 heavy (non-hydrogen) atoms. The van der Waals surface area contributed by atoms with E-state index < -0.39 is 11.5 Å². The number of carboxylic acids is 1. The van der Waals surface area contributed by atoms with Crippen molar-refractivity contribution in [1.82, 2.24) is 4.90 Å². The SMILES string of the molecule is CC1CCCN(C2(C(=O)O)CCSC2)C1. The van der Waals surface area contributed by atoms with Crippen molar-refractivity contribution >= 4 is 17.7 Å². The van der Waals surface area contributed by atoms with Crippen molar-refractivity contribution < 1.29 is 9.90 Å². The second-order valence-corrected chi connectivity index (χ2v) is 5.94. The summed E-state index contributed by atoms with van der Waals surface area (Å²) >= 11 is 1.78. The minimum Gasteiger partial charge on any atom is -0.480 e. The van der Waals surface area contributed by atoms with Crippen LogP contribution in [0.5, 0.6) is 0 Å². The molecule has 0 aromatic heterocycles. The molecular formula is C11H19NO2S. The molecule has 86 valence electrons. The maximum absolute atomic E-state index is 11.5. The molecular weight excluding hydrogens is 210 g/mol. The molecule has 2 rings (SSSR count). The number of carboxylic acid groups (broad SMARTS) is 1. The molecule has 0 radical (unpaired) electrons. The Hall–Kier alpha value is -0.220. The highest BCUT2D eigenvalue weighted by molar-refractivity contribution is 7.99. The third kappa shape index (κ3) is 2.02. The highest BCUT2D eigenvalue weighted by Crippen LogP contribution is 2.36. The smallest absolute Gasteiger partial charge is 0.325 e. The van der Waals surface area contributed by atoms with Gasteiger partial charge in [-0.2, -0.15) is 11.8 Å². The first-order valence-electron chi connectivity index (χ1n) is 5.71. The molecule has 3 nitrogen and oxygen atoms in total. The van der Waals surface area contributed by atoms with Crippen molar-refractivity contribution in [1.29, 1.82) is 0 Å². The zero-order valence-corrected chi connectivity index (χ0v) is 10.1. The summed E-state index contributed by atoms with van der Waals surface area (Å²) in [4.78, 5) is 13.7. The quantitative estimate of drug-likeness (QED) is 0.782. The Morgan fingerprint density at radius 1 is 1.60 bits per heavy atom. The molecule has 2 aliphatic heterocycles. The van der Waals surface area contributed by atoms with Gasteiger partial charge in [-0.3, -0.25) is 9.69 Å². The van der Waals surface area contributed by atoms with Crippen LogP contribution in [0, 0.1) is 5.92 Å². The first-order valence-corrected chi connectivity index (χ1v) is 6.87. The van der Waals surface area contributed by atoms with Crippen LogP contribution in [-0.4, -0.2) is 46.1 Å².